The van der Waals surface area contributed by atoms with Crippen molar-refractivity contribution in [1.29, 1.82) is 0 Å². The van der Waals surface area contributed by atoms with Gasteiger partial charge in [-0.25, -0.2) is 0 Å². The Morgan fingerprint density at radius 3 is 2.81 bits per heavy atom. The van der Waals surface area contributed by atoms with Crippen LogP contribution in [0.3, 0.4) is 0 Å². The number of nitrogens with one attached hydrogen (secondary N) is 1. The zero-order valence-corrected chi connectivity index (χ0v) is 18.7. The van der Waals surface area contributed by atoms with E-state index in [1.807, 2.05) is 60.7 Å². The molecule has 4 aromatic rings. The van der Waals surface area contributed by atoms with Crippen LogP contribution in [0.1, 0.15) is 16.4 Å². The second-order valence-corrected chi connectivity index (χ2v) is 10.1. The first-order chi connectivity index (χ1) is 15.7. The molecule has 32 heavy (non-hydrogen) atoms. The summed E-state index contributed by atoms with van der Waals surface area (Å²) in [6.45, 7) is 0.665. The van der Waals surface area contributed by atoms with Crippen LogP contribution in [0.5, 0.6) is 5.75 Å². The number of para-hydroxylation sites is 1. The lowest BCUT2D eigenvalue weighted by Gasteiger charge is -2.36. The molecule has 2 atom stereocenters. The van der Waals surface area contributed by atoms with Crippen molar-refractivity contribution in [2.45, 2.75) is 17.5 Å². The highest BCUT2D eigenvalue weighted by atomic mass is 32.2. The van der Waals surface area contributed by atoms with Crippen LogP contribution in [0, 0.1) is 5.92 Å². The summed E-state index contributed by atoms with van der Waals surface area (Å²) in [7, 11) is 0. The molecule has 0 saturated heterocycles. The molecule has 0 spiro atoms. The second-order valence-electron chi connectivity index (χ2n) is 8.10. The summed E-state index contributed by atoms with van der Waals surface area (Å²) in [4.78, 5) is 26.9. The standard InChI is InChI=1S/C25H20N2O3S2/c28-21(26-19-10-5-7-15-6-1-2-8-17(15)19)12-27-24-23(32-25(27)29)22-16(14-31-24)13-30-20-11-4-3-9-18(20)22/h1-11,16,22H,12-14H2,(H,26,28)/t16-,22-/m0/s1. The number of hydrogen-bond donors (Lipinski definition) is 1. The van der Waals surface area contributed by atoms with Gasteiger partial charge in [0.2, 0.25) is 5.91 Å². The van der Waals surface area contributed by atoms with E-state index in [4.69, 9.17) is 4.74 Å². The SMILES string of the molecule is O=C(Cn1c2c(sc1=O)[C@@H]1c3ccccc3OC[C@H]1CS2)Nc1cccc2ccccc12. The number of aromatic nitrogens is 1. The maximum atomic E-state index is 13.0. The number of thioether (sulfide) groups is 1. The fourth-order valence-electron chi connectivity index (χ4n) is 4.66. The van der Waals surface area contributed by atoms with Gasteiger partial charge in [0.25, 0.3) is 0 Å². The molecule has 0 bridgehead atoms. The fourth-order valence-corrected chi connectivity index (χ4v) is 7.35. The summed E-state index contributed by atoms with van der Waals surface area (Å²) in [5.41, 5.74) is 1.90. The lowest BCUT2D eigenvalue weighted by Crippen LogP contribution is -2.31. The van der Waals surface area contributed by atoms with Crippen molar-refractivity contribution in [3.05, 3.63) is 86.8 Å². The van der Waals surface area contributed by atoms with Gasteiger partial charge in [-0.3, -0.25) is 14.2 Å². The summed E-state index contributed by atoms with van der Waals surface area (Å²) in [5, 5.41) is 5.98. The summed E-state index contributed by atoms with van der Waals surface area (Å²) >= 11 is 2.93. The van der Waals surface area contributed by atoms with Crippen LogP contribution < -0.4 is 14.9 Å². The minimum Gasteiger partial charge on any atom is -0.493 e. The zero-order valence-electron chi connectivity index (χ0n) is 17.1. The molecule has 1 amide bonds. The highest BCUT2D eigenvalue weighted by molar-refractivity contribution is 7.99. The van der Waals surface area contributed by atoms with Crippen LogP contribution in [0.4, 0.5) is 5.69 Å². The Hall–Kier alpha value is -3.03. The number of ether oxygens (including phenoxy) is 1. The first kappa shape index (κ1) is 19.6. The Bertz CT molecular complexity index is 1400. The highest BCUT2D eigenvalue weighted by Gasteiger charge is 2.39. The lowest BCUT2D eigenvalue weighted by molar-refractivity contribution is -0.116. The average molecular weight is 461 g/mol. The average Bonchev–Trinajstić information content (AvgIpc) is 3.14. The Labute approximate surface area is 193 Å². The topological polar surface area (TPSA) is 60.3 Å². The molecular weight excluding hydrogens is 440 g/mol. The molecule has 0 saturated carbocycles. The third kappa shape index (κ3) is 3.24. The second kappa shape index (κ2) is 7.83. The molecule has 0 aliphatic carbocycles. The van der Waals surface area contributed by atoms with Crippen molar-refractivity contribution in [2.24, 2.45) is 5.92 Å². The van der Waals surface area contributed by atoms with Gasteiger partial charge in [-0.05, 0) is 17.5 Å². The molecule has 2 aliphatic heterocycles. The molecule has 0 fully saturated rings. The minimum absolute atomic E-state index is 0.0103. The van der Waals surface area contributed by atoms with Gasteiger partial charge in [0, 0.05) is 39.1 Å². The van der Waals surface area contributed by atoms with Crippen LogP contribution in [-0.4, -0.2) is 22.8 Å². The Morgan fingerprint density at radius 1 is 1.06 bits per heavy atom. The maximum absolute atomic E-state index is 13.0. The van der Waals surface area contributed by atoms with Crippen molar-refractivity contribution in [1.82, 2.24) is 4.57 Å². The number of amides is 1. The smallest absolute Gasteiger partial charge is 0.308 e. The van der Waals surface area contributed by atoms with Gasteiger partial charge >= 0.3 is 4.87 Å². The maximum Gasteiger partial charge on any atom is 0.308 e. The van der Waals surface area contributed by atoms with E-state index in [0.29, 0.717) is 12.5 Å². The molecule has 0 radical (unpaired) electrons. The van der Waals surface area contributed by atoms with Crippen LogP contribution in [-0.2, 0) is 11.3 Å². The number of anilines is 1. The minimum atomic E-state index is -0.195. The van der Waals surface area contributed by atoms with E-state index in [0.717, 1.165) is 43.4 Å². The number of fused-ring (bicyclic) bond motifs is 6. The largest absolute Gasteiger partial charge is 0.493 e. The number of benzene rings is 3. The molecule has 5 nitrogen and oxygen atoms in total. The molecule has 3 aromatic carbocycles. The molecular formula is C25H20N2O3S2. The molecule has 7 heteroatoms. The van der Waals surface area contributed by atoms with Crippen molar-refractivity contribution in [3.63, 3.8) is 0 Å². The van der Waals surface area contributed by atoms with Crippen LogP contribution in [0.2, 0.25) is 0 Å². The van der Waals surface area contributed by atoms with E-state index < -0.39 is 0 Å². The van der Waals surface area contributed by atoms with Gasteiger partial charge in [0.1, 0.15) is 12.3 Å². The Morgan fingerprint density at radius 2 is 1.88 bits per heavy atom. The van der Waals surface area contributed by atoms with Crippen molar-refractivity contribution < 1.29 is 9.53 Å². The predicted molar refractivity (Wildman–Crippen MR) is 129 cm³/mol. The van der Waals surface area contributed by atoms with Crippen LogP contribution in [0.25, 0.3) is 10.8 Å². The zero-order chi connectivity index (χ0) is 21.7. The molecule has 1 aromatic heterocycles. The number of hydrogen-bond acceptors (Lipinski definition) is 5. The first-order valence-electron chi connectivity index (χ1n) is 10.5. The number of rotatable bonds is 3. The number of nitrogens with zero attached hydrogens (tertiary/aromatic N) is 1. The predicted octanol–water partition coefficient (Wildman–Crippen LogP) is 4.95. The van der Waals surface area contributed by atoms with Crippen molar-refractivity contribution in [3.8, 4) is 5.75 Å². The van der Waals surface area contributed by atoms with E-state index in [1.165, 1.54) is 11.3 Å². The van der Waals surface area contributed by atoms with E-state index in [-0.39, 0.29) is 23.2 Å². The number of carbonyl (C=O) groups excluding carboxylic acids is 1. The summed E-state index contributed by atoms with van der Waals surface area (Å²) in [6, 6.07) is 21.8. The van der Waals surface area contributed by atoms with Gasteiger partial charge in [-0.1, -0.05) is 65.9 Å². The Kier molecular flexibility index (Phi) is 4.81. The van der Waals surface area contributed by atoms with Gasteiger partial charge in [0.05, 0.1) is 11.6 Å². The van der Waals surface area contributed by atoms with E-state index >= 15 is 0 Å². The molecule has 2 aliphatic rings. The van der Waals surface area contributed by atoms with Gasteiger partial charge in [-0.2, -0.15) is 0 Å². The number of thiazole rings is 1. The molecule has 6 rings (SSSR count). The van der Waals surface area contributed by atoms with E-state index in [9.17, 15) is 9.59 Å². The lowest BCUT2D eigenvalue weighted by atomic mass is 9.84. The van der Waals surface area contributed by atoms with Gasteiger partial charge < -0.3 is 10.1 Å². The van der Waals surface area contributed by atoms with Crippen LogP contribution >= 0.6 is 23.1 Å². The van der Waals surface area contributed by atoms with E-state index in [2.05, 4.69) is 11.4 Å². The normalized spacial score (nSPS) is 18.9. The molecule has 160 valence electrons. The first-order valence-corrected chi connectivity index (χ1v) is 12.3. The fraction of sp³-hybridized carbons (Fsp3) is 0.200. The highest BCUT2D eigenvalue weighted by Crippen LogP contribution is 2.50. The molecule has 0 unspecified atom stereocenters. The Balaban J connectivity index is 1.32. The monoisotopic (exact) mass is 460 g/mol. The quantitative estimate of drug-likeness (QED) is 0.470. The summed E-state index contributed by atoms with van der Waals surface area (Å²) < 4.78 is 7.59. The summed E-state index contributed by atoms with van der Waals surface area (Å²) in [5.74, 6) is 2.05. The molecule has 3 heterocycles. The van der Waals surface area contributed by atoms with Gasteiger partial charge in [-0.15, -0.1) is 11.8 Å². The molecule has 1 N–H and O–H groups in total. The van der Waals surface area contributed by atoms with Gasteiger partial charge in [0.15, 0.2) is 0 Å². The third-order valence-corrected chi connectivity index (χ3v) is 8.63. The van der Waals surface area contributed by atoms with E-state index in [1.54, 1.807) is 16.3 Å². The number of carbonyl (C=O) groups is 1. The van der Waals surface area contributed by atoms with Crippen molar-refractivity contribution >= 4 is 45.5 Å². The van der Waals surface area contributed by atoms with Crippen molar-refractivity contribution in [2.75, 3.05) is 17.7 Å². The van der Waals surface area contributed by atoms with Crippen LogP contribution in [0.15, 0.2) is 76.6 Å². The third-order valence-electron chi connectivity index (χ3n) is 6.13. The summed E-state index contributed by atoms with van der Waals surface area (Å²) in [6.07, 6.45) is 0.